The van der Waals surface area contributed by atoms with Crippen LogP contribution in [0, 0.1) is 5.41 Å². The van der Waals surface area contributed by atoms with Gasteiger partial charge in [-0.05, 0) is 31.2 Å². The zero-order valence-corrected chi connectivity index (χ0v) is 14.1. The lowest BCUT2D eigenvalue weighted by Crippen LogP contribution is -2.29. The Balaban J connectivity index is 2.31. The lowest BCUT2D eigenvalue weighted by molar-refractivity contribution is 0.301. The largest absolute Gasteiger partial charge is 0.311 e. The van der Waals surface area contributed by atoms with E-state index in [0.29, 0.717) is 11.5 Å². The van der Waals surface area contributed by atoms with Crippen LogP contribution in [0.5, 0.6) is 0 Å². The van der Waals surface area contributed by atoms with Gasteiger partial charge < -0.3 is 5.32 Å². The Morgan fingerprint density at radius 3 is 2.70 bits per heavy atom. The molecule has 116 valence electrons. The fourth-order valence-corrected chi connectivity index (χ4v) is 2.38. The highest BCUT2D eigenvalue weighted by Gasteiger charge is 2.16. The van der Waals surface area contributed by atoms with Gasteiger partial charge in [0.1, 0.15) is 0 Å². The second-order valence-corrected chi connectivity index (χ2v) is 6.77. The first-order chi connectivity index (χ1) is 9.48. The predicted octanol–water partition coefficient (Wildman–Crippen LogP) is 4.55. The summed E-state index contributed by atoms with van der Waals surface area (Å²) in [6, 6.07) is 2.62. The van der Waals surface area contributed by atoms with E-state index in [0.717, 1.165) is 25.2 Å². The van der Waals surface area contributed by atoms with Gasteiger partial charge >= 0.3 is 0 Å². The molecule has 20 heavy (non-hydrogen) atoms. The van der Waals surface area contributed by atoms with E-state index in [2.05, 4.69) is 62.0 Å². The first-order valence-electron chi connectivity index (χ1n) is 8.23. The Morgan fingerprint density at radius 1 is 1.30 bits per heavy atom. The molecule has 0 radical (unpaired) electrons. The normalized spacial score (nSPS) is 13.7. The minimum atomic E-state index is 0.383. The summed E-state index contributed by atoms with van der Waals surface area (Å²) >= 11 is 0. The molecule has 1 rings (SSSR count). The van der Waals surface area contributed by atoms with Crippen molar-refractivity contribution in [3.05, 3.63) is 18.0 Å². The van der Waals surface area contributed by atoms with Crippen LogP contribution in [0.4, 0.5) is 0 Å². The van der Waals surface area contributed by atoms with Crippen molar-refractivity contribution in [2.24, 2.45) is 5.41 Å². The molecule has 0 saturated carbocycles. The highest BCUT2D eigenvalue weighted by Crippen LogP contribution is 2.22. The molecule has 1 aromatic rings. The molecule has 0 amide bonds. The first-order valence-corrected chi connectivity index (χ1v) is 8.23. The second kappa shape index (κ2) is 8.46. The number of rotatable bonds is 10. The maximum atomic E-state index is 4.63. The van der Waals surface area contributed by atoms with Crippen LogP contribution in [0.25, 0.3) is 0 Å². The highest BCUT2D eigenvalue weighted by atomic mass is 15.3. The number of hydrogen-bond donors (Lipinski definition) is 1. The summed E-state index contributed by atoms with van der Waals surface area (Å²) in [5.74, 6) is 0. The molecule has 1 unspecified atom stereocenters. The fourth-order valence-electron chi connectivity index (χ4n) is 2.38. The molecule has 0 aromatic carbocycles. The zero-order chi connectivity index (χ0) is 15.0. The molecular formula is C17H33N3. The molecule has 0 aliphatic heterocycles. The average Bonchev–Trinajstić information content (AvgIpc) is 2.86. The first kappa shape index (κ1) is 17.2. The van der Waals surface area contributed by atoms with Crippen LogP contribution < -0.4 is 5.32 Å². The predicted molar refractivity (Wildman–Crippen MR) is 86.9 cm³/mol. The summed E-state index contributed by atoms with van der Waals surface area (Å²) in [6.45, 7) is 13.3. The lowest BCUT2D eigenvalue weighted by atomic mass is 9.87. The van der Waals surface area contributed by atoms with Gasteiger partial charge in [0.15, 0.2) is 0 Å². The van der Waals surface area contributed by atoms with Gasteiger partial charge in [0, 0.05) is 25.3 Å². The zero-order valence-electron chi connectivity index (χ0n) is 14.1. The number of nitrogens with one attached hydrogen (secondary N) is 1. The molecule has 1 atom stereocenters. The van der Waals surface area contributed by atoms with E-state index in [1.165, 1.54) is 25.7 Å². The summed E-state index contributed by atoms with van der Waals surface area (Å²) in [6.07, 6.45) is 8.51. The van der Waals surface area contributed by atoms with Crippen molar-refractivity contribution < 1.29 is 0 Å². The standard InChI is InChI=1S/C17H33N3/c1-6-8-9-11-17(4,5)14-18-13-16-10-12-20(19-16)15(3)7-2/h10,12,15,18H,6-9,11,13-14H2,1-5H3. The van der Waals surface area contributed by atoms with Crippen LogP contribution in [0.1, 0.15) is 78.5 Å². The van der Waals surface area contributed by atoms with Crippen molar-refractivity contribution in [1.82, 2.24) is 15.1 Å². The van der Waals surface area contributed by atoms with Crippen LogP contribution in [-0.2, 0) is 6.54 Å². The van der Waals surface area contributed by atoms with Crippen molar-refractivity contribution in [2.45, 2.75) is 79.3 Å². The third-order valence-corrected chi connectivity index (χ3v) is 4.07. The summed E-state index contributed by atoms with van der Waals surface area (Å²) in [5.41, 5.74) is 1.53. The third-order valence-electron chi connectivity index (χ3n) is 4.07. The van der Waals surface area contributed by atoms with Gasteiger partial charge in [-0.2, -0.15) is 5.10 Å². The maximum absolute atomic E-state index is 4.63. The molecule has 3 nitrogen and oxygen atoms in total. The van der Waals surface area contributed by atoms with E-state index in [1.54, 1.807) is 0 Å². The van der Waals surface area contributed by atoms with Crippen molar-refractivity contribution in [1.29, 1.82) is 0 Å². The smallest absolute Gasteiger partial charge is 0.0762 e. The minimum Gasteiger partial charge on any atom is -0.311 e. The van der Waals surface area contributed by atoms with E-state index in [4.69, 9.17) is 0 Å². The molecular weight excluding hydrogens is 246 g/mol. The van der Waals surface area contributed by atoms with Crippen molar-refractivity contribution >= 4 is 0 Å². The molecule has 0 bridgehead atoms. The number of nitrogens with zero attached hydrogens (tertiary/aromatic N) is 2. The summed E-state index contributed by atoms with van der Waals surface area (Å²) in [7, 11) is 0. The second-order valence-electron chi connectivity index (χ2n) is 6.77. The molecule has 3 heteroatoms. The minimum absolute atomic E-state index is 0.383. The van der Waals surface area contributed by atoms with Gasteiger partial charge in [-0.15, -0.1) is 0 Å². The third kappa shape index (κ3) is 6.08. The SMILES string of the molecule is CCCCCC(C)(C)CNCc1ccn(C(C)CC)n1. The average molecular weight is 279 g/mol. The van der Waals surface area contributed by atoms with Gasteiger partial charge in [0.25, 0.3) is 0 Å². The van der Waals surface area contributed by atoms with Crippen LogP contribution in [-0.4, -0.2) is 16.3 Å². The van der Waals surface area contributed by atoms with Gasteiger partial charge in [0.05, 0.1) is 5.69 Å². The Bertz CT molecular complexity index is 368. The van der Waals surface area contributed by atoms with E-state index >= 15 is 0 Å². The summed E-state index contributed by atoms with van der Waals surface area (Å²) in [4.78, 5) is 0. The Morgan fingerprint density at radius 2 is 2.05 bits per heavy atom. The molecule has 0 fully saturated rings. The van der Waals surface area contributed by atoms with Crippen molar-refractivity contribution in [2.75, 3.05) is 6.54 Å². The Labute approximate surface area is 125 Å². The van der Waals surface area contributed by atoms with E-state index < -0.39 is 0 Å². The van der Waals surface area contributed by atoms with Crippen molar-refractivity contribution in [3.8, 4) is 0 Å². The fraction of sp³-hybridized carbons (Fsp3) is 0.824. The quantitative estimate of drug-likeness (QED) is 0.637. The van der Waals surface area contributed by atoms with Gasteiger partial charge in [0.2, 0.25) is 0 Å². The van der Waals surface area contributed by atoms with E-state index in [1.807, 2.05) is 0 Å². The number of hydrogen-bond acceptors (Lipinski definition) is 2. The maximum Gasteiger partial charge on any atom is 0.0762 e. The van der Waals surface area contributed by atoms with E-state index in [9.17, 15) is 0 Å². The monoisotopic (exact) mass is 279 g/mol. The molecule has 0 saturated heterocycles. The Hall–Kier alpha value is -0.830. The molecule has 0 aliphatic rings. The van der Waals surface area contributed by atoms with Crippen LogP contribution in [0.15, 0.2) is 12.3 Å². The molecule has 1 aromatic heterocycles. The topological polar surface area (TPSA) is 29.9 Å². The molecule has 0 aliphatic carbocycles. The van der Waals surface area contributed by atoms with Crippen molar-refractivity contribution in [3.63, 3.8) is 0 Å². The molecule has 1 heterocycles. The summed E-state index contributed by atoms with van der Waals surface area (Å²) in [5, 5.41) is 8.19. The van der Waals surface area contributed by atoms with Crippen LogP contribution in [0.3, 0.4) is 0 Å². The van der Waals surface area contributed by atoms with Gasteiger partial charge in [-0.1, -0.05) is 47.0 Å². The number of aromatic nitrogens is 2. The molecule has 1 N–H and O–H groups in total. The molecule has 0 spiro atoms. The lowest BCUT2D eigenvalue weighted by Gasteiger charge is -2.24. The number of unbranched alkanes of at least 4 members (excludes halogenated alkanes) is 2. The Kier molecular flexibility index (Phi) is 7.28. The van der Waals surface area contributed by atoms with Gasteiger partial charge in [-0.3, -0.25) is 4.68 Å². The van der Waals surface area contributed by atoms with Gasteiger partial charge in [-0.25, -0.2) is 0 Å². The van der Waals surface area contributed by atoms with Crippen LogP contribution >= 0.6 is 0 Å². The highest BCUT2D eigenvalue weighted by molar-refractivity contribution is 4.99. The van der Waals surface area contributed by atoms with E-state index in [-0.39, 0.29) is 0 Å². The van der Waals surface area contributed by atoms with Crippen LogP contribution in [0.2, 0.25) is 0 Å². The summed E-state index contributed by atoms with van der Waals surface area (Å²) < 4.78 is 2.07.